The molecule has 7 aromatic rings. The molecule has 0 saturated heterocycles. The van der Waals surface area contributed by atoms with Crippen molar-refractivity contribution in [2.45, 2.75) is 0 Å². The SMILES string of the molecule is c1ccc2cc3c(cc2c1)[nH]c1c(-c2cccc4oc5ccccc5c24)cccc13. The first-order valence-electron chi connectivity index (χ1n) is 10.2. The van der Waals surface area contributed by atoms with Gasteiger partial charge in [0.25, 0.3) is 0 Å². The Morgan fingerprint density at radius 1 is 0.533 bits per heavy atom. The Bertz CT molecular complexity index is 1750. The summed E-state index contributed by atoms with van der Waals surface area (Å²) in [6.45, 7) is 0. The molecule has 140 valence electrons. The normalized spacial score (nSPS) is 12.0. The van der Waals surface area contributed by atoms with Gasteiger partial charge in [-0.25, -0.2) is 0 Å². The van der Waals surface area contributed by atoms with Crippen molar-refractivity contribution in [3.63, 3.8) is 0 Å². The van der Waals surface area contributed by atoms with Crippen molar-refractivity contribution in [3.8, 4) is 11.1 Å². The molecular weight excluding hydrogens is 366 g/mol. The second-order valence-electron chi connectivity index (χ2n) is 7.88. The monoisotopic (exact) mass is 383 g/mol. The van der Waals surface area contributed by atoms with Crippen molar-refractivity contribution >= 4 is 54.5 Å². The third-order valence-corrected chi connectivity index (χ3v) is 6.19. The highest BCUT2D eigenvalue weighted by Gasteiger charge is 2.16. The van der Waals surface area contributed by atoms with E-state index in [1.54, 1.807) is 0 Å². The van der Waals surface area contributed by atoms with E-state index < -0.39 is 0 Å². The standard InChI is InChI=1S/C28H17NO/c1-2-8-18-16-24-23(15-17(18)7-1)21-12-5-11-20(28(21)29-24)19-10-6-14-26-27(19)22-9-3-4-13-25(22)30-26/h1-16,29H. The number of hydrogen-bond acceptors (Lipinski definition) is 1. The van der Waals surface area contributed by atoms with E-state index in [1.807, 2.05) is 12.1 Å². The number of rotatable bonds is 1. The number of furan rings is 1. The molecule has 0 unspecified atom stereocenters. The maximum absolute atomic E-state index is 6.13. The molecule has 0 atom stereocenters. The third kappa shape index (κ3) is 2.08. The van der Waals surface area contributed by atoms with Crippen molar-refractivity contribution in [1.82, 2.24) is 4.98 Å². The Balaban J connectivity index is 1.62. The molecule has 2 aromatic heterocycles. The summed E-state index contributed by atoms with van der Waals surface area (Å²) in [5, 5.41) is 7.35. The first-order chi connectivity index (χ1) is 14.9. The van der Waals surface area contributed by atoms with Crippen LogP contribution in [-0.2, 0) is 0 Å². The topological polar surface area (TPSA) is 28.9 Å². The molecule has 2 nitrogen and oxygen atoms in total. The minimum atomic E-state index is 0.924. The van der Waals surface area contributed by atoms with Crippen LogP contribution in [0.5, 0.6) is 0 Å². The fourth-order valence-corrected chi connectivity index (χ4v) is 4.84. The number of para-hydroxylation sites is 2. The summed E-state index contributed by atoms with van der Waals surface area (Å²) in [6.07, 6.45) is 0. The second kappa shape index (κ2) is 5.74. The Morgan fingerprint density at radius 2 is 1.23 bits per heavy atom. The van der Waals surface area contributed by atoms with Crippen molar-refractivity contribution in [2.24, 2.45) is 0 Å². The molecule has 5 aromatic carbocycles. The first kappa shape index (κ1) is 15.8. The number of fused-ring (bicyclic) bond motifs is 7. The molecular formula is C28H17NO. The van der Waals surface area contributed by atoms with Crippen LogP contribution < -0.4 is 0 Å². The summed E-state index contributed by atoms with van der Waals surface area (Å²) in [5.74, 6) is 0. The molecule has 0 radical (unpaired) electrons. The molecule has 0 aliphatic rings. The molecule has 0 aliphatic carbocycles. The molecule has 7 rings (SSSR count). The van der Waals surface area contributed by atoms with E-state index in [2.05, 4.69) is 89.9 Å². The fourth-order valence-electron chi connectivity index (χ4n) is 4.84. The average Bonchev–Trinajstić information content (AvgIpc) is 3.35. The molecule has 0 amide bonds. The summed E-state index contributed by atoms with van der Waals surface area (Å²) >= 11 is 0. The van der Waals surface area contributed by atoms with Gasteiger partial charge in [-0.2, -0.15) is 0 Å². The minimum Gasteiger partial charge on any atom is -0.456 e. The van der Waals surface area contributed by atoms with Gasteiger partial charge in [-0.3, -0.25) is 0 Å². The summed E-state index contributed by atoms with van der Waals surface area (Å²) in [7, 11) is 0. The lowest BCUT2D eigenvalue weighted by molar-refractivity contribution is 0.669. The predicted octanol–water partition coefficient (Wildman–Crippen LogP) is 8.04. The van der Waals surface area contributed by atoms with Crippen molar-refractivity contribution in [3.05, 3.63) is 97.1 Å². The van der Waals surface area contributed by atoms with Crippen LogP contribution in [0.2, 0.25) is 0 Å². The van der Waals surface area contributed by atoms with Gasteiger partial charge >= 0.3 is 0 Å². The molecule has 30 heavy (non-hydrogen) atoms. The van der Waals surface area contributed by atoms with Gasteiger partial charge < -0.3 is 9.40 Å². The lowest BCUT2D eigenvalue weighted by Gasteiger charge is -2.06. The van der Waals surface area contributed by atoms with E-state index in [4.69, 9.17) is 4.42 Å². The third-order valence-electron chi connectivity index (χ3n) is 6.19. The zero-order valence-electron chi connectivity index (χ0n) is 16.1. The van der Waals surface area contributed by atoms with E-state index >= 15 is 0 Å². The number of H-pyrrole nitrogens is 1. The summed E-state index contributed by atoms with van der Waals surface area (Å²) in [5.41, 5.74) is 6.58. The molecule has 2 heteroatoms. The number of nitrogens with one attached hydrogen (secondary N) is 1. The van der Waals surface area contributed by atoms with Crippen LogP contribution in [0.15, 0.2) is 101 Å². The van der Waals surface area contributed by atoms with Crippen LogP contribution in [-0.4, -0.2) is 4.98 Å². The van der Waals surface area contributed by atoms with Crippen molar-refractivity contribution in [2.75, 3.05) is 0 Å². The lowest BCUT2D eigenvalue weighted by atomic mass is 9.97. The molecule has 0 fully saturated rings. The van der Waals surface area contributed by atoms with Crippen molar-refractivity contribution in [1.29, 1.82) is 0 Å². The van der Waals surface area contributed by atoms with Gasteiger partial charge in [0.2, 0.25) is 0 Å². The van der Waals surface area contributed by atoms with E-state index in [-0.39, 0.29) is 0 Å². The van der Waals surface area contributed by atoms with Gasteiger partial charge in [0.1, 0.15) is 11.2 Å². The quantitative estimate of drug-likeness (QED) is 0.305. The maximum Gasteiger partial charge on any atom is 0.136 e. The highest BCUT2D eigenvalue weighted by Crippen LogP contribution is 2.40. The second-order valence-corrected chi connectivity index (χ2v) is 7.88. The largest absolute Gasteiger partial charge is 0.456 e. The number of benzene rings is 5. The highest BCUT2D eigenvalue weighted by molar-refractivity contribution is 6.19. The Hall–Kier alpha value is -4.04. The Labute approximate surface area is 172 Å². The van der Waals surface area contributed by atoms with Crippen LogP contribution in [0.4, 0.5) is 0 Å². The summed E-state index contributed by atoms with van der Waals surface area (Å²) < 4.78 is 6.13. The smallest absolute Gasteiger partial charge is 0.136 e. The molecule has 0 saturated carbocycles. The molecule has 2 heterocycles. The van der Waals surface area contributed by atoms with Crippen LogP contribution in [0.3, 0.4) is 0 Å². The Morgan fingerprint density at radius 3 is 2.17 bits per heavy atom. The van der Waals surface area contributed by atoms with Gasteiger partial charge in [0, 0.05) is 32.6 Å². The average molecular weight is 383 g/mol. The summed E-state index contributed by atoms with van der Waals surface area (Å²) in [4.78, 5) is 3.71. The van der Waals surface area contributed by atoms with E-state index in [0.717, 1.165) is 16.6 Å². The zero-order chi connectivity index (χ0) is 19.7. The minimum absolute atomic E-state index is 0.924. The molecule has 0 aliphatic heterocycles. The van der Waals surface area contributed by atoms with Crippen LogP contribution in [0, 0.1) is 0 Å². The maximum atomic E-state index is 6.13. The Kier molecular flexibility index (Phi) is 3.03. The summed E-state index contributed by atoms with van der Waals surface area (Å²) in [6, 6.07) is 34.2. The molecule has 0 bridgehead atoms. The van der Waals surface area contributed by atoms with Gasteiger partial charge in [0.15, 0.2) is 0 Å². The number of aromatic nitrogens is 1. The van der Waals surface area contributed by atoms with Crippen LogP contribution in [0.1, 0.15) is 0 Å². The first-order valence-corrected chi connectivity index (χ1v) is 10.2. The highest BCUT2D eigenvalue weighted by atomic mass is 16.3. The predicted molar refractivity (Wildman–Crippen MR) is 126 cm³/mol. The van der Waals surface area contributed by atoms with E-state index in [0.29, 0.717) is 0 Å². The zero-order valence-corrected chi connectivity index (χ0v) is 16.1. The van der Waals surface area contributed by atoms with Crippen LogP contribution in [0.25, 0.3) is 65.6 Å². The van der Waals surface area contributed by atoms with Gasteiger partial charge in [-0.1, -0.05) is 72.8 Å². The fraction of sp³-hybridized carbons (Fsp3) is 0. The molecule has 0 spiro atoms. The molecule has 1 N–H and O–H groups in total. The lowest BCUT2D eigenvalue weighted by Crippen LogP contribution is -1.82. The van der Waals surface area contributed by atoms with Gasteiger partial charge in [0.05, 0.1) is 5.52 Å². The van der Waals surface area contributed by atoms with Gasteiger partial charge in [-0.05, 0) is 40.6 Å². The van der Waals surface area contributed by atoms with Crippen LogP contribution >= 0.6 is 0 Å². The van der Waals surface area contributed by atoms with E-state index in [9.17, 15) is 0 Å². The van der Waals surface area contributed by atoms with E-state index in [1.165, 1.54) is 49.1 Å². The number of hydrogen-bond donors (Lipinski definition) is 1. The van der Waals surface area contributed by atoms with Gasteiger partial charge in [-0.15, -0.1) is 0 Å². The van der Waals surface area contributed by atoms with Crippen molar-refractivity contribution < 1.29 is 4.42 Å². The number of aromatic amines is 1.